The molecule has 1 aromatic heterocycles. The predicted octanol–water partition coefficient (Wildman–Crippen LogP) is 4.08. The molecule has 134 valence electrons. The molecular weight excluding hydrogens is 362 g/mol. The molecule has 3 rings (SSSR count). The lowest BCUT2D eigenvalue weighted by Gasteiger charge is -2.07. The summed E-state index contributed by atoms with van der Waals surface area (Å²) in [4.78, 5) is 13.0. The van der Waals surface area contributed by atoms with Crippen molar-refractivity contribution in [1.82, 2.24) is 9.88 Å². The van der Waals surface area contributed by atoms with E-state index in [0.29, 0.717) is 27.7 Å². The van der Waals surface area contributed by atoms with Crippen LogP contribution in [0, 0.1) is 3.95 Å². The number of hydrogen-bond acceptors (Lipinski definition) is 4. The molecule has 0 aliphatic carbocycles. The van der Waals surface area contributed by atoms with Crippen LogP contribution in [0.4, 0.5) is 5.82 Å². The Hall–Kier alpha value is -2.44. The second kappa shape index (κ2) is 8.78. The second-order valence-corrected chi connectivity index (χ2v) is 7.61. The zero-order valence-electron chi connectivity index (χ0n) is 14.4. The van der Waals surface area contributed by atoms with Gasteiger partial charge in [0.15, 0.2) is 3.95 Å². The van der Waals surface area contributed by atoms with Crippen LogP contribution in [0.25, 0.3) is 0 Å². The van der Waals surface area contributed by atoms with Gasteiger partial charge in [-0.05, 0) is 36.2 Å². The second-order valence-electron chi connectivity index (χ2n) is 5.96. The minimum absolute atomic E-state index is 0.159. The maximum absolute atomic E-state index is 12.5. The zero-order chi connectivity index (χ0) is 18.4. The summed E-state index contributed by atoms with van der Waals surface area (Å²) in [7, 11) is 0. The third kappa shape index (κ3) is 4.59. The van der Waals surface area contributed by atoms with Crippen LogP contribution in [0.2, 0.25) is 0 Å². The Morgan fingerprint density at radius 1 is 1.00 bits per heavy atom. The van der Waals surface area contributed by atoms with Gasteiger partial charge in [0.05, 0.1) is 0 Å². The number of anilines is 1. The Kier molecular flexibility index (Phi) is 6.20. The molecule has 0 atom stereocenters. The maximum atomic E-state index is 12.5. The van der Waals surface area contributed by atoms with E-state index in [9.17, 15) is 4.79 Å². The zero-order valence-corrected chi connectivity index (χ0v) is 16.0. The molecule has 0 radical (unpaired) electrons. The van der Waals surface area contributed by atoms with Crippen molar-refractivity contribution in [2.75, 3.05) is 12.3 Å². The summed E-state index contributed by atoms with van der Waals surface area (Å²) >= 11 is 6.68. The molecule has 1 heterocycles. The summed E-state index contributed by atoms with van der Waals surface area (Å²) in [5, 5.41) is 2.93. The standard InChI is InChI=1S/C20H21N3OS2/c21-18-17(19(24)22-13-11-15-7-3-1-4-8-15)26-20(25)23(18)14-12-16-9-5-2-6-10-16/h1-10H,11-14,21H2,(H,22,24). The summed E-state index contributed by atoms with van der Waals surface area (Å²) < 4.78 is 2.48. The van der Waals surface area contributed by atoms with Crippen LogP contribution in [0.15, 0.2) is 60.7 Å². The molecule has 0 saturated carbocycles. The van der Waals surface area contributed by atoms with E-state index in [0.717, 1.165) is 12.8 Å². The van der Waals surface area contributed by atoms with Crippen molar-refractivity contribution in [3.8, 4) is 0 Å². The topological polar surface area (TPSA) is 60.1 Å². The summed E-state index contributed by atoms with van der Waals surface area (Å²) in [6.07, 6.45) is 1.61. The number of carbonyl (C=O) groups is 1. The minimum atomic E-state index is -0.159. The highest BCUT2D eigenvalue weighted by atomic mass is 32.1. The first-order valence-corrected chi connectivity index (χ1v) is 9.73. The van der Waals surface area contributed by atoms with Crippen molar-refractivity contribution >= 4 is 35.3 Å². The molecule has 0 bridgehead atoms. The molecule has 6 heteroatoms. The fraction of sp³-hybridized carbons (Fsp3) is 0.200. The number of nitrogens with two attached hydrogens (primary N) is 1. The van der Waals surface area contributed by atoms with Gasteiger partial charge in [0, 0.05) is 13.1 Å². The van der Waals surface area contributed by atoms with Crippen molar-refractivity contribution < 1.29 is 4.79 Å². The predicted molar refractivity (Wildman–Crippen MR) is 110 cm³/mol. The number of hydrogen-bond donors (Lipinski definition) is 2. The Morgan fingerprint density at radius 3 is 2.19 bits per heavy atom. The van der Waals surface area contributed by atoms with Gasteiger partial charge in [-0.2, -0.15) is 0 Å². The molecule has 2 aromatic carbocycles. The Morgan fingerprint density at radius 2 is 1.58 bits per heavy atom. The fourth-order valence-corrected chi connectivity index (χ4v) is 4.01. The van der Waals surface area contributed by atoms with E-state index in [2.05, 4.69) is 17.4 Å². The van der Waals surface area contributed by atoms with Crippen LogP contribution in [0.3, 0.4) is 0 Å². The van der Waals surface area contributed by atoms with Crippen molar-refractivity contribution in [3.63, 3.8) is 0 Å². The average Bonchev–Trinajstić information content (AvgIpc) is 2.95. The minimum Gasteiger partial charge on any atom is -0.384 e. The van der Waals surface area contributed by atoms with Crippen LogP contribution >= 0.6 is 23.6 Å². The number of benzene rings is 2. The van der Waals surface area contributed by atoms with Crippen LogP contribution in [0.5, 0.6) is 0 Å². The van der Waals surface area contributed by atoms with Crippen LogP contribution < -0.4 is 11.1 Å². The van der Waals surface area contributed by atoms with E-state index >= 15 is 0 Å². The average molecular weight is 384 g/mol. The molecule has 0 saturated heterocycles. The van der Waals surface area contributed by atoms with Gasteiger partial charge in [-0.15, -0.1) is 0 Å². The number of amides is 1. The highest BCUT2D eigenvalue weighted by Gasteiger charge is 2.16. The SMILES string of the molecule is Nc1c(C(=O)NCCc2ccccc2)sc(=S)n1CCc1ccccc1. The largest absolute Gasteiger partial charge is 0.384 e. The van der Waals surface area contributed by atoms with Crippen molar-refractivity contribution in [2.24, 2.45) is 0 Å². The first-order chi connectivity index (χ1) is 12.6. The fourth-order valence-electron chi connectivity index (χ4n) is 2.72. The van der Waals surface area contributed by atoms with E-state index in [1.54, 1.807) is 0 Å². The molecule has 3 aromatic rings. The van der Waals surface area contributed by atoms with Gasteiger partial charge in [-0.25, -0.2) is 0 Å². The van der Waals surface area contributed by atoms with Gasteiger partial charge in [0.1, 0.15) is 10.7 Å². The third-order valence-electron chi connectivity index (χ3n) is 4.15. The Bertz CT molecular complexity index is 917. The summed E-state index contributed by atoms with van der Waals surface area (Å²) in [5.74, 6) is 0.293. The number of nitrogen functional groups attached to an aromatic ring is 1. The summed E-state index contributed by atoms with van der Waals surface area (Å²) in [6, 6.07) is 20.2. The smallest absolute Gasteiger partial charge is 0.265 e. The number of carbonyl (C=O) groups excluding carboxylic acids is 1. The number of nitrogens with one attached hydrogen (secondary N) is 1. The highest BCUT2D eigenvalue weighted by Crippen LogP contribution is 2.22. The molecular formula is C20H21N3OS2. The quantitative estimate of drug-likeness (QED) is 0.605. The molecule has 4 nitrogen and oxygen atoms in total. The number of aromatic nitrogens is 1. The van der Waals surface area contributed by atoms with Crippen molar-refractivity contribution in [1.29, 1.82) is 0 Å². The van der Waals surface area contributed by atoms with E-state index < -0.39 is 0 Å². The van der Waals surface area contributed by atoms with Gasteiger partial charge in [-0.3, -0.25) is 4.79 Å². The molecule has 3 N–H and O–H groups in total. The molecule has 26 heavy (non-hydrogen) atoms. The summed E-state index contributed by atoms with van der Waals surface area (Å²) in [6.45, 7) is 1.24. The lowest BCUT2D eigenvalue weighted by molar-refractivity contribution is 0.0958. The van der Waals surface area contributed by atoms with E-state index in [1.807, 2.05) is 53.1 Å². The molecule has 0 aliphatic rings. The Balaban J connectivity index is 1.61. The number of aryl methyl sites for hydroxylation is 1. The molecule has 1 amide bonds. The van der Waals surface area contributed by atoms with Gasteiger partial charge < -0.3 is 15.6 Å². The van der Waals surface area contributed by atoms with Gasteiger partial charge in [0.25, 0.3) is 5.91 Å². The highest BCUT2D eigenvalue weighted by molar-refractivity contribution is 7.73. The van der Waals surface area contributed by atoms with Crippen LogP contribution in [-0.2, 0) is 19.4 Å². The monoisotopic (exact) mass is 383 g/mol. The number of rotatable bonds is 7. The van der Waals surface area contributed by atoms with E-state index in [4.69, 9.17) is 18.0 Å². The number of thiazole rings is 1. The lowest BCUT2D eigenvalue weighted by atomic mass is 10.1. The first kappa shape index (κ1) is 18.4. The van der Waals surface area contributed by atoms with E-state index in [1.165, 1.54) is 22.5 Å². The van der Waals surface area contributed by atoms with Crippen molar-refractivity contribution in [2.45, 2.75) is 19.4 Å². The molecule has 0 spiro atoms. The molecule has 0 aliphatic heterocycles. The maximum Gasteiger partial charge on any atom is 0.265 e. The van der Waals surface area contributed by atoms with E-state index in [-0.39, 0.29) is 5.91 Å². The third-order valence-corrected chi connectivity index (χ3v) is 5.61. The van der Waals surface area contributed by atoms with Gasteiger partial charge >= 0.3 is 0 Å². The molecule has 0 unspecified atom stereocenters. The summed E-state index contributed by atoms with van der Waals surface area (Å²) in [5.41, 5.74) is 8.60. The lowest BCUT2D eigenvalue weighted by Crippen LogP contribution is -2.26. The van der Waals surface area contributed by atoms with Crippen LogP contribution in [-0.4, -0.2) is 17.0 Å². The van der Waals surface area contributed by atoms with Crippen LogP contribution in [0.1, 0.15) is 20.8 Å². The van der Waals surface area contributed by atoms with Crippen molar-refractivity contribution in [3.05, 3.63) is 80.6 Å². The number of nitrogens with zero attached hydrogens (tertiary/aromatic N) is 1. The van der Waals surface area contributed by atoms with Gasteiger partial charge in [0.2, 0.25) is 0 Å². The molecule has 0 fully saturated rings. The normalized spacial score (nSPS) is 10.6. The van der Waals surface area contributed by atoms with Gasteiger partial charge in [-0.1, -0.05) is 72.0 Å². The first-order valence-electron chi connectivity index (χ1n) is 8.50. The Labute approximate surface area is 162 Å².